The normalized spacial score (nSPS) is 21.7. The molecule has 1 aliphatic rings. The SMILES string of the molecule is O=C1CCOC(c2ccc(O)cc2)C1=O. The van der Waals surface area contributed by atoms with Crippen LogP contribution in [0.5, 0.6) is 5.75 Å². The number of Topliss-reactive ketones (excluding diaryl/α,β-unsaturated/α-hetero) is 2. The van der Waals surface area contributed by atoms with Crippen molar-refractivity contribution in [3.05, 3.63) is 29.8 Å². The van der Waals surface area contributed by atoms with Gasteiger partial charge in [-0.05, 0) is 17.7 Å². The number of carbonyl (C=O) groups is 2. The summed E-state index contributed by atoms with van der Waals surface area (Å²) in [6, 6.07) is 6.09. The van der Waals surface area contributed by atoms with Crippen LogP contribution in [0.2, 0.25) is 0 Å². The average molecular weight is 206 g/mol. The van der Waals surface area contributed by atoms with E-state index in [0.717, 1.165) is 0 Å². The van der Waals surface area contributed by atoms with E-state index < -0.39 is 11.9 Å². The summed E-state index contributed by atoms with van der Waals surface area (Å²) < 4.78 is 5.23. The van der Waals surface area contributed by atoms with Gasteiger partial charge in [-0.15, -0.1) is 0 Å². The van der Waals surface area contributed by atoms with Crippen molar-refractivity contribution < 1.29 is 19.4 Å². The number of hydrogen-bond donors (Lipinski definition) is 1. The molecule has 1 aliphatic heterocycles. The van der Waals surface area contributed by atoms with Crippen LogP contribution < -0.4 is 0 Å². The minimum absolute atomic E-state index is 0.119. The summed E-state index contributed by atoms with van der Waals surface area (Å²) >= 11 is 0. The van der Waals surface area contributed by atoms with Gasteiger partial charge < -0.3 is 9.84 Å². The van der Waals surface area contributed by atoms with Gasteiger partial charge in [0.2, 0.25) is 11.6 Å². The molecule has 0 radical (unpaired) electrons. The summed E-state index contributed by atoms with van der Waals surface area (Å²) in [5.41, 5.74) is 0.603. The van der Waals surface area contributed by atoms with E-state index in [9.17, 15) is 9.59 Å². The number of rotatable bonds is 1. The molecule has 4 nitrogen and oxygen atoms in total. The van der Waals surface area contributed by atoms with Crippen molar-refractivity contribution in [1.82, 2.24) is 0 Å². The maximum atomic E-state index is 11.5. The van der Waals surface area contributed by atoms with E-state index in [-0.39, 0.29) is 24.6 Å². The van der Waals surface area contributed by atoms with Gasteiger partial charge in [0.25, 0.3) is 0 Å². The molecule has 1 aromatic rings. The van der Waals surface area contributed by atoms with Crippen molar-refractivity contribution in [2.45, 2.75) is 12.5 Å². The maximum Gasteiger partial charge on any atom is 0.231 e. The summed E-state index contributed by atoms with van der Waals surface area (Å²) in [6.45, 7) is 0.274. The summed E-state index contributed by atoms with van der Waals surface area (Å²) in [7, 11) is 0. The Hall–Kier alpha value is -1.68. The first-order valence-corrected chi connectivity index (χ1v) is 4.66. The zero-order valence-electron chi connectivity index (χ0n) is 7.97. The van der Waals surface area contributed by atoms with Crippen molar-refractivity contribution in [2.75, 3.05) is 6.61 Å². The van der Waals surface area contributed by atoms with Crippen molar-refractivity contribution in [1.29, 1.82) is 0 Å². The van der Waals surface area contributed by atoms with Crippen LogP contribution in [0.15, 0.2) is 24.3 Å². The Labute approximate surface area is 86.5 Å². The van der Waals surface area contributed by atoms with Crippen LogP contribution in [-0.2, 0) is 14.3 Å². The zero-order valence-corrected chi connectivity index (χ0v) is 7.97. The Kier molecular flexibility index (Phi) is 2.51. The van der Waals surface area contributed by atoms with Crippen molar-refractivity contribution in [3.8, 4) is 5.75 Å². The molecule has 0 amide bonds. The van der Waals surface area contributed by atoms with E-state index in [4.69, 9.17) is 9.84 Å². The van der Waals surface area contributed by atoms with Gasteiger partial charge in [0.1, 0.15) is 11.9 Å². The number of phenolic OH excluding ortho intramolecular Hbond substituents is 1. The maximum absolute atomic E-state index is 11.5. The molecule has 0 aliphatic carbocycles. The molecule has 0 spiro atoms. The first kappa shape index (κ1) is 9.86. The van der Waals surface area contributed by atoms with Crippen LogP contribution in [0, 0.1) is 0 Å². The van der Waals surface area contributed by atoms with Gasteiger partial charge in [-0.25, -0.2) is 0 Å². The summed E-state index contributed by atoms with van der Waals surface area (Å²) in [5.74, 6) is -0.778. The molecule has 1 heterocycles. The molecule has 1 N–H and O–H groups in total. The second-order valence-electron chi connectivity index (χ2n) is 3.38. The fraction of sp³-hybridized carbons (Fsp3) is 0.273. The fourth-order valence-corrected chi connectivity index (χ4v) is 1.51. The quantitative estimate of drug-likeness (QED) is 0.696. The number of carbonyl (C=O) groups excluding carboxylic acids is 2. The largest absolute Gasteiger partial charge is 0.508 e. The number of ketones is 2. The Bertz CT molecular complexity index is 394. The highest BCUT2D eigenvalue weighted by atomic mass is 16.5. The molecule has 1 atom stereocenters. The van der Waals surface area contributed by atoms with Gasteiger partial charge in [0.05, 0.1) is 6.61 Å². The third-order valence-corrected chi connectivity index (χ3v) is 2.32. The fourth-order valence-electron chi connectivity index (χ4n) is 1.51. The lowest BCUT2D eigenvalue weighted by Gasteiger charge is -2.20. The molecule has 0 aromatic heterocycles. The highest BCUT2D eigenvalue weighted by molar-refractivity contribution is 6.39. The van der Waals surface area contributed by atoms with Crippen LogP contribution in [0.1, 0.15) is 18.1 Å². The number of hydrogen-bond acceptors (Lipinski definition) is 4. The smallest absolute Gasteiger partial charge is 0.231 e. The topological polar surface area (TPSA) is 63.6 Å². The summed E-state index contributed by atoms with van der Waals surface area (Å²) in [5, 5.41) is 9.08. The highest BCUT2D eigenvalue weighted by Crippen LogP contribution is 2.24. The minimum atomic E-state index is -0.799. The third kappa shape index (κ3) is 1.89. The number of phenols is 1. The molecule has 1 aromatic carbocycles. The van der Waals surface area contributed by atoms with Crippen LogP contribution in [-0.4, -0.2) is 23.3 Å². The van der Waals surface area contributed by atoms with E-state index in [1.54, 1.807) is 12.1 Å². The lowest BCUT2D eigenvalue weighted by molar-refractivity contribution is -0.150. The second kappa shape index (κ2) is 3.82. The highest BCUT2D eigenvalue weighted by Gasteiger charge is 2.31. The molecular weight excluding hydrogens is 196 g/mol. The molecule has 0 bridgehead atoms. The molecule has 2 rings (SSSR count). The minimum Gasteiger partial charge on any atom is -0.508 e. The molecular formula is C11H10O4. The van der Waals surface area contributed by atoms with Crippen LogP contribution >= 0.6 is 0 Å². The summed E-state index contributed by atoms with van der Waals surface area (Å²) in [6.07, 6.45) is -0.639. The number of aromatic hydroxyl groups is 1. The van der Waals surface area contributed by atoms with Gasteiger partial charge >= 0.3 is 0 Å². The van der Waals surface area contributed by atoms with Crippen LogP contribution in [0.25, 0.3) is 0 Å². The molecule has 15 heavy (non-hydrogen) atoms. The Morgan fingerprint density at radius 1 is 1.20 bits per heavy atom. The van der Waals surface area contributed by atoms with Crippen molar-refractivity contribution in [3.63, 3.8) is 0 Å². The van der Waals surface area contributed by atoms with Crippen molar-refractivity contribution >= 4 is 11.6 Å². The van der Waals surface area contributed by atoms with E-state index in [1.807, 2.05) is 0 Å². The van der Waals surface area contributed by atoms with Crippen LogP contribution in [0.3, 0.4) is 0 Å². The Morgan fingerprint density at radius 3 is 2.53 bits per heavy atom. The standard InChI is InChI=1S/C11H10O4/c12-8-3-1-7(2-4-8)11-10(14)9(13)5-6-15-11/h1-4,11-12H,5-6H2. The van der Waals surface area contributed by atoms with E-state index >= 15 is 0 Å². The van der Waals surface area contributed by atoms with Gasteiger partial charge in [-0.1, -0.05) is 12.1 Å². The monoisotopic (exact) mass is 206 g/mol. The molecule has 1 fully saturated rings. The summed E-state index contributed by atoms with van der Waals surface area (Å²) in [4.78, 5) is 22.6. The third-order valence-electron chi connectivity index (χ3n) is 2.32. The first-order valence-electron chi connectivity index (χ1n) is 4.66. The molecule has 1 saturated heterocycles. The van der Waals surface area contributed by atoms with Gasteiger partial charge in [0.15, 0.2) is 0 Å². The zero-order chi connectivity index (χ0) is 10.8. The Morgan fingerprint density at radius 2 is 1.87 bits per heavy atom. The predicted molar refractivity (Wildman–Crippen MR) is 51.4 cm³/mol. The molecule has 0 saturated carbocycles. The number of ether oxygens (including phenoxy) is 1. The average Bonchev–Trinajstić information content (AvgIpc) is 2.24. The van der Waals surface area contributed by atoms with E-state index in [0.29, 0.717) is 5.56 Å². The van der Waals surface area contributed by atoms with Gasteiger partial charge in [-0.3, -0.25) is 9.59 Å². The number of benzene rings is 1. The molecule has 4 heteroatoms. The van der Waals surface area contributed by atoms with Crippen molar-refractivity contribution in [2.24, 2.45) is 0 Å². The Balaban J connectivity index is 2.26. The molecule has 78 valence electrons. The van der Waals surface area contributed by atoms with E-state index in [2.05, 4.69) is 0 Å². The van der Waals surface area contributed by atoms with Gasteiger partial charge in [-0.2, -0.15) is 0 Å². The van der Waals surface area contributed by atoms with Gasteiger partial charge in [0, 0.05) is 6.42 Å². The predicted octanol–water partition coefficient (Wildman–Crippen LogP) is 0.992. The van der Waals surface area contributed by atoms with Crippen LogP contribution in [0.4, 0.5) is 0 Å². The molecule has 1 unspecified atom stereocenters. The first-order chi connectivity index (χ1) is 7.18. The lowest BCUT2D eigenvalue weighted by Crippen LogP contribution is -2.30. The lowest BCUT2D eigenvalue weighted by atomic mass is 9.99. The van der Waals surface area contributed by atoms with E-state index in [1.165, 1.54) is 12.1 Å². The second-order valence-corrected chi connectivity index (χ2v) is 3.38.